The Balaban J connectivity index is 2.44. The number of nitrogens with zero attached hydrogens (tertiary/aromatic N) is 1. The number of carbonyl (C=O) groups excluding carboxylic acids is 2. The van der Waals surface area contributed by atoms with Gasteiger partial charge in [0.05, 0.1) is 26.2 Å². The molecule has 1 rings (SSSR count). The van der Waals surface area contributed by atoms with E-state index in [0.29, 0.717) is 26.1 Å². The molecule has 0 bridgehead atoms. The van der Waals surface area contributed by atoms with Crippen LogP contribution in [0.3, 0.4) is 0 Å². The van der Waals surface area contributed by atoms with Crippen LogP contribution in [0.5, 0.6) is 0 Å². The van der Waals surface area contributed by atoms with E-state index in [4.69, 9.17) is 4.74 Å². The van der Waals surface area contributed by atoms with Crippen LogP contribution < -0.4 is 5.32 Å². The molecule has 1 amide bonds. The zero-order chi connectivity index (χ0) is 13.4. The molecule has 18 heavy (non-hydrogen) atoms. The smallest absolute Gasteiger partial charge is 0.325 e. The van der Waals surface area contributed by atoms with Gasteiger partial charge in [0.15, 0.2) is 0 Å². The van der Waals surface area contributed by atoms with Crippen molar-refractivity contribution in [2.24, 2.45) is 0 Å². The molecule has 1 saturated heterocycles. The molecule has 6 heteroatoms. The van der Waals surface area contributed by atoms with Crippen LogP contribution in [0, 0.1) is 0 Å². The van der Waals surface area contributed by atoms with E-state index in [1.165, 1.54) is 12.0 Å². The van der Waals surface area contributed by atoms with E-state index >= 15 is 0 Å². The van der Waals surface area contributed by atoms with Crippen LogP contribution in [0.25, 0.3) is 0 Å². The van der Waals surface area contributed by atoms with Crippen LogP contribution >= 0.6 is 0 Å². The lowest BCUT2D eigenvalue weighted by atomic mass is 10.2. The molecule has 1 N–H and O–H groups in total. The molecule has 104 valence electrons. The third-order valence-electron chi connectivity index (χ3n) is 2.80. The molecule has 1 atom stereocenters. The van der Waals surface area contributed by atoms with E-state index in [1.54, 1.807) is 0 Å². The van der Waals surface area contributed by atoms with Gasteiger partial charge in [0, 0.05) is 19.6 Å². The van der Waals surface area contributed by atoms with Gasteiger partial charge in [-0.05, 0) is 6.42 Å². The fourth-order valence-corrected chi connectivity index (χ4v) is 1.86. The molecule has 1 unspecified atom stereocenters. The Morgan fingerprint density at radius 1 is 1.50 bits per heavy atom. The molecule has 0 aliphatic carbocycles. The highest BCUT2D eigenvalue weighted by Crippen LogP contribution is 2.06. The molecule has 1 aliphatic heterocycles. The molecule has 1 fully saturated rings. The number of rotatable bonds is 6. The first-order chi connectivity index (χ1) is 8.67. The molecular formula is C12H22N2O4. The van der Waals surface area contributed by atoms with Gasteiger partial charge in [-0.2, -0.15) is 0 Å². The topological polar surface area (TPSA) is 67.9 Å². The van der Waals surface area contributed by atoms with Crippen LogP contribution in [-0.2, 0) is 19.1 Å². The first-order valence-corrected chi connectivity index (χ1v) is 6.34. The van der Waals surface area contributed by atoms with Gasteiger partial charge in [0.25, 0.3) is 0 Å². The third-order valence-corrected chi connectivity index (χ3v) is 2.80. The van der Waals surface area contributed by atoms with Crippen molar-refractivity contribution >= 4 is 11.9 Å². The van der Waals surface area contributed by atoms with Gasteiger partial charge in [-0.15, -0.1) is 0 Å². The minimum Gasteiger partial charge on any atom is -0.468 e. The Kier molecular flexibility index (Phi) is 6.67. The van der Waals surface area contributed by atoms with Crippen LogP contribution in [0.1, 0.15) is 19.8 Å². The molecule has 1 heterocycles. The van der Waals surface area contributed by atoms with Gasteiger partial charge >= 0.3 is 5.97 Å². The standard InChI is InChI=1S/C12H22N2O4/c1-3-5-14(9-12(16)17-2)11(15)7-10-8-13-4-6-18-10/h10,13H,3-9H2,1-2H3. The summed E-state index contributed by atoms with van der Waals surface area (Å²) < 4.78 is 10.1. The zero-order valence-corrected chi connectivity index (χ0v) is 11.1. The van der Waals surface area contributed by atoms with Gasteiger partial charge in [-0.3, -0.25) is 9.59 Å². The average molecular weight is 258 g/mol. The molecular weight excluding hydrogens is 236 g/mol. The largest absolute Gasteiger partial charge is 0.468 e. The van der Waals surface area contributed by atoms with Gasteiger partial charge in [-0.1, -0.05) is 6.92 Å². The number of morpholine rings is 1. The van der Waals surface area contributed by atoms with Crippen molar-refractivity contribution in [3.63, 3.8) is 0 Å². The van der Waals surface area contributed by atoms with E-state index in [0.717, 1.165) is 13.0 Å². The lowest BCUT2D eigenvalue weighted by molar-refractivity contribution is -0.148. The number of methoxy groups -OCH3 is 1. The highest BCUT2D eigenvalue weighted by molar-refractivity contribution is 5.82. The molecule has 6 nitrogen and oxygen atoms in total. The SMILES string of the molecule is CCCN(CC(=O)OC)C(=O)CC1CNCCO1. The van der Waals surface area contributed by atoms with Gasteiger partial charge < -0.3 is 19.7 Å². The summed E-state index contributed by atoms with van der Waals surface area (Å²) in [6.07, 6.45) is 1.03. The summed E-state index contributed by atoms with van der Waals surface area (Å²) in [5, 5.41) is 3.18. The van der Waals surface area contributed by atoms with Crippen molar-refractivity contribution in [2.45, 2.75) is 25.9 Å². The van der Waals surface area contributed by atoms with Crippen molar-refractivity contribution in [1.82, 2.24) is 10.2 Å². The maximum Gasteiger partial charge on any atom is 0.325 e. The fraction of sp³-hybridized carbons (Fsp3) is 0.833. The van der Waals surface area contributed by atoms with E-state index in [1.807, 2.05) is 6.92 Å². The first kappa shape index (κ1) is 14.9. The number of amides is 1. The Morgan fingerprint density at radius 3 is 2.83 bits per heavy atom. The Morgan fingerprint density at radius 2 is 2.28 bits per heavy atom. The van der Waals surface area contributed by atoms with Crippen LogP contribution in [0.15, 0.2) is 0 Å². The second kappa shape index (κ2) is 8.05. The number of hydrogen-bond donors (Lipinski definition) is 1. The summed E-state index contributed by atoms with van der Waals surface area (Å²) in [6.45, 7) is 4.69. The third kappa shape index (κ3) is 5.01. The number of hydrogen-bond acceptors (Lipinski definition) is 5. The number of esters is 1. The molecule has 0 spiro atoms. The summed E-state index contributed by atoms with van der Waals surface area (Å²) in [5.41, 5.74) is 0. The summed E-state index contributed by atoms with van der Waals surface area (Å²) >= 11 is 0. The second-order valence-electron chi connectivity index (χ2n) is 4.29. The average Bonchev–Trinajstić information content (AvgIpc) is 2.39. The van der Waals surface area contributed by atoms with Crippen LogP contribution in [0.2, 0.25) is 0 Å². The summed E-state index contributed by atoms with van der Waals surface area (Å²) in [6, 6.07) is 0. The van der Waals surface area contributed by atoms with Gasteiger partial charge in [-0.25, -0.2) is 0 Å². The van der Waals surface area contributed by atoms with Crippen molar-refractivity contribution in [3.05, 3.63) is 0 Å². The van der Waals surface area contributed by atoms with Crippen molar-refractivity contribution in [3.8, 4) is 0 Å². The Labute approximate surface area is 108 Å². The van der Waals surface area contributed by atoms with Gasteiger partial charge in [0.1, 0.15) is 6.54 Å². The highest BCUT2D eigenvalue weighted by atomic mass is 16.5. The number of carbonyl (C=O) groups is 2. The summed E-state index contributed by atoms with van der Waals surface area (Å²) in [4.78, 5) is 24.8. The minimum absolute atomic E-state index is 0.0172. The van der Waals surface area contributed by atoms with Gasteiger partial charge in [0.2, 0.25) is 5.91 Å². The molecule has 0 aromatic rings. The van der Waals surface area contributed by atoms with Crippen LogP contribution in [-0.4, -0.2) is 62.8 Å². The lowest BCUT2D eigenvalue weighted by Gasteiger charge is -2.26. The summed E-state index contributed by atoms with van der Waals surface area (Å²) in [5.74, 6) is -0.449. The normalized spacial score (nSPS) is 19.3. The van der Waals surface area contributed by atoms with E-state index < -0.39 is 0 Å². The van der Waals surface area contributed by atoms with E-state index in [9.17, 15) is 9.59 Å². The fourth-order valence-electron chi connectivity index (χ4n) is 1.86. The van der Waals surface area contributed by atoms with E-state index in [2.05, 4.69) is 10.1 Å². The highest BCUT2D eigenvalue weighted by Gasteiger charge is 2.22. The maximum atomic E-state index is 12.1. The predicted octanol–water partition coefficient (Wildman–Crippen LogP) is -0.223. The van der Waals surface area contributed by atoms with Crippen LogP contribution in [0.4, 0.5) is 0 Å². The van der Waals surface area contributed by atoms with E-state index in [-0.39, 0.29) is 24.5 Å². The molecule has 1 aliphatic rings. The zero-order valence-electron chi connectivity index (χ0n) is 11.1. The second-order valence-corrected chi connectivity index (χ2v) is 4.29. The minimum atomic E-state index is -0.389. The number of nitrogens with one attached hydrogen (secondary N) is 1. The Bertz CT molecular complexity index is 277. The maximum absolute atomic E-state index is 12.1. The molecule has 0 aromatic heterocycles. The van der Waals surface area contributed by atoms with Crippen molar-refractivity contribution < 1.29 is 19.1 Å². The Hall–Kier alpha value is -1.14. The predicted molar refractivity (Wildman–Crippen MR) is 66.1 cm³/mol. The quantitative estimate of drug-likeness (QED) is 0.667. The summed E-state index contributed by atoms with van der Waals surface area (Å²) in [7, 11) is 1.32. The monoisotopic (exact) mass is 258 g/mol. The number of ether oxygens (including phenoxy) is 2. The van der Waals surface area contributed by atoms with Crippen molar-refractivity contribution in [1.29, 1.82) is 0 Å². The lowest BCUT2D eigenvalue weighted by Crippen LogP contribution is -2.44. The molecule has 0 radical (unpaired) electrons. The molecule has 0 saturated carbocycles. The van der Waals surface area contributed by atoms with Crippen molar-refractivity contribution in [2.75, 3.05) is 39.9 Å². The first-order valence-electron chi connectivity index (χ1n) is 6.34. The molecule has 0 aromatic carbocycles.